The highest BCUT2D eigenvalue weighted by atomic mass is 32.1. The van der Waals surface area contributed by atoms with Crippen LogP contribution in [0.15, 0.2) is 88.6 Å². The number of ether oxygens (including phenoxy) is 1. The van der Waals surface area contributed by atoms with Crippen LogP contribution in [0.1, 0.15) is 71.6 Å². The van der Waals surface area contributed by atoms with Crippen LogP contribution in [0, 0.1) is 11.8 Å². The SMILES string of the molecule is CC(=O)N1CCCC1C.COc1ccc2c(=O)cc(-c3ccccc3)[nH]c2c1.NC(=O)C1CC1CCCCCCC(=O)Nc1ccccc1S.NC=O. The number of methoxy groups -OCH3 is 1. The molecule has 12 heteroatoms. The number of rotatable bonds is 11. The molecule has 4 aromatic rings. The van der Waals surface area contributed by atoms with Gasteiger partial charge in [0.05, 0.1) is 18.3 Å². The number of carbonyl (C=O) groups is 4. The molecule has 284 valence electrons. The number of thiol groups is 1. The molecule has 1 saturated carbocycles. The number of nitrogens with one attached hydrogen (secondary N) is 2. The normalized spacial score (nSPS) is 16.8. The van der Waals surface area contributed by atoms with Crippen molar-refractivity contribution in [2.45, 2.75) is 82.6 Å². The Kier molecular flexibility index (Phi) is 17.6. The summed E-state index contributed by atoms with van der Waals surface area (Å²) < 4.78 is 5.19. The van der Waals surface area contributed by atoms with Gasteiger partial charge in [-0.2, -0.15) is 0 Å². The van der Waals surface area contributed by atoms with Crippen molar-refractivity contribution >= 4 is 53.4 Å². The van der Waals surface area contributed by atoms with Crippen LogP contribution in [0.4, 0.5) is 5.69 Å². The van der Waals surface area contributed by atoms with Gasteiger partial charge in [-0.25, -0.2) is 0 Å². The summed E-state index contributed by atoms with van der Waals surface area (Å²) in [5.74, 6) is 1.50. The van der Waals surface area contributed by atoms with Crippen LogP contribution in [0.2, 0.25) is 0 Å². The number of pyridine rings is 1. The number of anilines is 1. The number of amides is 4. The number of hydrogen-bond acceptors (Lipinski definition) is 7. The van der Waals surface area contributed by atoms with Gasteiger partial charge in [0.25, 0.3) is 0 Å². The Hall–Kier alpha value is -5.10. The monoisotopic (exact) mass is 743 g/mol. The molecule has 3 unspecified atom stereocenters. The van der Waals surface area contributed by atoms with Crippen molar-refractivity contribution in [1.29, 1.82) is 0 Å². The minimum absolute atomic E-state index is 0.00950. The number of nitrogens with two attached hydrogens (primary N) is 2. The highest BCUT2D eigenvalue weighted by Gasteiger charge is 2.40. The second-order valence-electron chi connectivity index (χ2n) is 13.2. The van der Waals surface area contributed by atoms with Gasteiger partial charge in [-0.3, -0.25) is 24.0 Å². The van der Waals surface area contributed by atoms with Crippen molar-refractivity contribution in [3.8, 4) is 17.0 Å². The summed E-state index contributed by atoms with van der Waals surface area (Å²) in [7, 11) is 1.61. The lowest BCUT2D eigenvalue weighted by molar-refractivity contribution is -0.129. The predicted molar refractivity (Wildman–Crippen MR) is 214 cm³/mol. The number of para-hydroxylation sites is 1. The van der Waals surface area contributed by atoms with Crippen molar-refractivity contribution in [1.82, 2.24) is 9.88 Å². The Morgan fingerprint density at radius 1 is 1.00 bits per heavy atom. The molecule has 1 aliphatic carbocycles. The Labute approximate surface area is 317 Å². The number of carbonyl (C=O) groups excluding carboxylic acids is 4. The molecule has 2 fully saturated rings. The smallest absolute Gasteiger partial charge is 0.224 e. The molecule has 11 nitrogen and oxygen atoms in total. The van der Waals surface area contributed by atoms with E-state index in [9.17, 15) is 19.2 Å². The largest absolute Gasteiger partial charge is 0.497 e. The van der Waals surface area contributed by atoms with Crippen molar-refractivity contribution in [2.75, 3.05) is 19.0 Å². The third kappa shape index (κ3) is 14.1. The van der Waals surface area contributed by atoms with Crippen LogP contribution < -0.4 is 26.9 Å². The van der Waals surface area contributed by atoms with Crippen molar-refractivity contribution in [3.63, 3.8) is 0 Å². The fourth-order valence-corrected chi connectivity index (χ4v) is 6.50. The molecule has 0 radical (unpaired) electrons. The van der Waals surface area contributed by atoms with Crippen LogP contribution in [0.5, 0.6) is 5.75 Å². The first-order valence-corrected chi connectivity index (χ1v) is 18.5. The van der Waals surface area contributed by atoms with E-state index >= 15 is 0 Å². The number of likely N-dealkylation sites (tertiary alicyclic amines) is 1. The molecule has 53 heavy (non-hydrogen) atoms. The van der Waals surface area contributed by atoms with Crippen LogP contribution in [-0.4, -0.2) is 53.7 Å². The summed E-state index contributed by atoms with van der Waals surface area (Å²) in [6.45, 7) is 4.72. The van der Waals surface area contributed by atoms with Crippen molar-refractivity contribution in [2.24, 2.45) is 23.3 Å². The fraction of sp³-hybridized carbons (Fsp3) is 0.390. The van der Waals surface area contributed by atoms with E-state index < -0.39 is 0 Å². The third-order valence-electron chi connectivity index (χ3n) is 9.27. The van der Waals surface area contributed by atoms with Crippen LogP contribution >= 0.6 is 12.6 Å². The maximum absolute atomic E-state index is 12.1. The molecule has 2 heterocycles. The van der Waals surface area contributed by atoms with E-state index in [0.717, 1.165) is 78.2 Å². The number of primary amides is 2. The number of aromatic amines is 1. The Bertz CT molecular complexity index is 1850. The highest BCUT2D eigenvalue weighted by molar-refractivity contribution is 7.80. The predicted octanol–water partition coefficient (Wildman–Crippen LogP) is 6.70. The lowest BCUT2D eigenvalue weighted by Gasteiger charge is -2.18. The lowest BCUT2D eigenvalue weighted by atomic mass is 10.1. The van der Waals surface area contributed by atoms with Crippen molar-refractivity contribution in [3.05, 3.63) is 89.1 Å². The van der Waals surface area contributed by atoms with E-state index in [2.05, 4.69) is 35.6 Å². The zero-order valence-corrected chi connectivity index (χ0v) is 31.8. The molecular weight excluding hydrogens is 691 g/mol. The minimum Gasteiger partial charge on any atom is -0.497 e. The zero-order valence-electron chi connectivity index (χ0n) is 30.9. The van der Waals surface area contributed by atoms with Gasteiger partial charge in [0, 0.05) is 60.0 Å². The number of H-pyrrole nitrogens is 1. The minimum atomic E-state index is -0.147. The third-order valence-corrected chi connectivity index (χ3v) is 9.66. The van der Waals surface area contributed by atoms with Gasteiger partial charge < -0.3 is 31.4 Å². The molecule has 2 aliphatic rings. The number of hydrogen-bond donors (Lipinski definition) is 5. The van der Waals surface area contributed by atoms with Gasteiger partial charge in [-0.1, -0.05) is 61.7 Å². The van der Waals surface area contributed by atoms with Crippen LogP contribution in [0.3, 0.4) is 0 Å². The number of aromatic nitrogens is 1. The summed E-state index contributed by atoms with van der Waals surface area (Å²) in [4.78, 5) is 60.2. The van der Waals surface area contributed by atoms with Gasteiger partial charge in [-0.05, 0) is 74.8 Å². The molecule has 6 N–H and O–H groups in total. The van der Waals surface area contributed by atoms with E-state index in [1.807, 2.05) is 65.6 Å². The summed E-state index contributed by atoms with van der Waals surface area (Å²) in [5, 5.41) is 3.55. The first kappa shape index (κ1) is 42.3. The topological polar surface area (TPSA) is 178 Å². The summed E-state index contributed by atoms with van der Waals surface area (Å²) >= 11 is 4.31. The maximum Gasteiger partial charge on any atom is 0.224 e. The highest BCUT2D eigenvalue weighted by Crippen LogP contribution is 2.42. The summed E-state index contributed by atoms with van der Waals surface area (Å²) in [6, 6.07) is 24.8. The number of unbranched alkanes of at least 4 members (excludes halogenated alkanes) is 3. The molecular formula is C41H53N5O6S. The summed E-state index contributed by atoms with van der Waals surface area (Å²) in [6.07, 6.45) is 9.38. The molecule has 0 bridgehead atoms. The second-order valence-corrected chi connectivity index (χ2v) is 13.7. The molecule has 3 aromatic carbocycles. The van der Waals surface area contributed by atoms with Crippen LogP contribution in [0.25, 0.3) is 22.2 Å². The molecule has 1 aliphatic heterocycles. The van der Waals surface area contributed by atoms with Gasteiger partial charge in [-0.15, -0.1) is 12.6 Å². The quantitative estimate of drug-likeness (QED) is 0.0649. The molecule has 4 amide bonds. The lowest BCUT2D eigenvalue weighted by Crippen LogP contribution is -2.31. The standard InChI is InChI=1S/C17H24N2O2S.C16H13NO2.C7H13NO.CH3NO/c18-17(21)13-11-12(13)7-3-1-2-4-10-16(20)19-14-8-5-6-9-15(14)22;1-19-12-7-8-13-15(9-12)17-14(10-16(13)18)11-5-3-2-4-6-11;1-6-4-3-5-8(6)7(2)9;2-1-3/h5-6,8-9,12-13,22H,1-4,7,10-11H2,(H2,18,21)(H,19,20);2-10H,1H3,(H,17,18);6H,3-5H2,1-2H3;1H,(H2,2,3). The van der Waals surface area contributed by atoms with E-state index in [4.69, 9.17) is 15.3 Å². The van der Waals surface area contributed by atoms with Crippen LogP contribution in [-0.2, 0) is 19.2 Å². The maximum atomic E-state index is 12.1. The Balaban J connectivity index is 0.000000221. The van der Waals surface area contributed by atoms with Gasteiger partial charge in [0.15, 0.2) is 5.43 Å². The van der Waals surface area contributed by atoms with E-state index in [1.54, 1.807) is 32.2 Å². The number of benzene rings is 3. The first-order chi connectivity index (χ1) is 25.5. The average molecular weight is 744 g/mol. The van der Waals surface area contributed by atoms with E-state index in [-0.39, 0.29) is 35.5 Å². The zero-order chi connectivity index (χ0) is 38.8. The number of fused-ring (bicyclic) bond motifs is 1. The summed E-state index contributed by atoms with van der Waals surface area (Å²) in [5.41, 5.74) is 12.8. The fourth-order valence-electron chi connectivity index (χ4n) is 6.29. The van der Waals surface area contributed by atoms with Gasteiger partial charge in [0.1, 0.15) is 5.75 Å². The Morgan fingerprint density at radius 2 is 1.68 bits per heavy atom. The second kappa shape index (κ2) is 22.1. The van der Waals surface area contributed by atoms with Gasteiger partial charge >= 0.3 is 0 Å². The molecule has 1 saturated heterocycles. The molecule has 3 atom stereocenters. The average Bonchev–Trinajstić information content (AvgIpc) is 3.80. The van der Waals surface area contributed by atoms with Gasteiger partial charge in [0.2, 0.25) is 24.1 Å². The first-order valence-electron chi connectivity index (χ1n) is 18.0. The Morgan fingerprint density at radius 3 is 2.26 bits per heavy atom. The van der Waals surface area contributed by atoms with E-state index in [0.29, 0.717) is 23.8 Å². The molecule has 1 aromatic heterocycles. The molecule has 0 spiro atoms. The van der Waals surface area contributed by atoms with Crippen molar-refractivity contribution < 1.29 is 23.9 Å². The van der Waals surface area contributed by atoms with E-state index in [1.165, 1.54) is 12.8 Å². The number of nitrogens with zero attached hydrogens (tertiary/aromatic N) is 1. The molecule has 6 rings (SSSR count).